The molecular weight excluding hydrogens is 292 g/mol. The van der Waals surface area contributed by atoms with Gasteiger partial charge in [0.1, 0.15) is 5.69 Å². The highest BCUT2D eigenvalue weighted by Crippen LogP contribution is 2.15. The van der Waals surface area contributed by atoms with Crippen LogP contribution in [0.1, 0.15) is 43.1 Å². The van der Waals surface area contributed by atoms with Gasteiger partial charge in [-0.25, -0.2) is 0 Å². The number of aromatic nitrogens is 1. The van der Waals surface area contributed by atoms with Gasteiger partial charge in [0.15, 0.2) is 0 Å². The van der Waals surface area contributed by atoms with Crippen LogP contribution < -0.4 is 5.32 Å². The van der Waals surface area contributed by atoms with Crippen LogP contribution in [0.4, 0.5) is 0 Å². The molecule has 0 aliphatic rings. The molecule has 1 aromatic heterocycles. The van der Waals surface area contributed by atoms with Crippen molar-refractivity contribution in [2.75, 3.05) is 6.54 Å². The Morgan fingerprint density at radius 2 is 2.33 bits per heavy atom. The quantitative estimate of drug-likeness (QED) is 0.609. The van der Waals surface area contributed by atoms with Crippen LogP contribution in [0, 0.1) is 12.3 Å². The van der Waals surface area contributed by atoms with Crippen molar-refractivity contribution < 1.29 is 4.79 Å². The summed E-state index contributed by atoms with van der Waals surface area (Å²) in [5.74, 6) is 2.58. The Bertz CT molecular complexity index is 431. The molecule has 0 radical (unpaired) electrons. The predicted octanol–water partition coefficient (Wildman–Crippen LogP) is 3.19. The van der Waals surface area contributed by atoms with E-state index >= 15 is 0 Å². The van der Waals surface area contributed by atoms with E-state index in [2.05, 4.69) is 34.1 Å². The maximum absolute atomic E-state index is 12.0. The van der Waals surface area contributed by atoms with E-state index in [9.17, 15) is 4.79 Å². The number of rotatable bonds is 7. The first-order valence-electron chi connectivity index (χ1n) is 6.26. The molecule has 1 N–H and O–H groups in total. The molecule has 0 aromatic carbocycles. The van der Waals surface area contributed by atoms with Crippen molar-refractivity contribution in [2.24, 2.45) is 0 Å². The van der Waals surface area contributed by atoms with Gasteiger partial charge in [-0.15, -0.1) is 12.3 Å². The second-order valence-corrected chi connectivity index (χ2v) is 5.07. The molecule has 1 rings (SSSR count). The van der Waals surface area contributed by atoms with Crippen molar-refractivity contribution in [1.29, 1.82) is 0 Å². The van der Waals surface area contributed by atoms with E-state index < -0.39 is 0 Å². The molecule has 18 heavy (non-hydrogen) atoms. The molecule has 0 aliphatic carbocycles. The summed E-state index contributed by atoms with van der Waals surface area (Å²) in [6.07, 6.45) is 10.8. The zero-order valence-corrected chi connectivity index (χ0v) is 12.3. The molecule has 0 fully saturated rings. The maximum atomic E-state index is 12.0. The van der Waals surface area contributed by atoms with Crippen molar-refractivity contribution in [3.63, 3.8) is 0 Å². The first-order chi connectivity index (χ1) is 8.69. The molecule has 4 heteroatoms. The number of hydrogen-bond acceptors (Lipinski definition) is 1. The first-order valence-corrected chi connectivity index (χ1v) is 7.05. The highest BCUT2D eigenvalue weighted by atomic mass is 79.9. The molecule has 98 valence electrons. The fourth-order valence-electron chi connectivity index (χ4n) is 1.74. The van der Waals surface area contributed by atoms with Crippen molar-refractivity contribution in [2.45, 2.75) is 39.2 Å². The fourth-order valence-corrected chi connectivity index (χ4v) is 2.20. The van der Waals surface area contributed by atoms with Crippen molar-refractivity contribution in [1.82, 2.24) is 9.88 Å². The van der Waals surface area contributed by atoms with E-state index in [0.29, 0.717) is 12.2 Å². The number of aryl methyl sites for hydroxylation is 1. The van der Waals surface area contributed by atoms with Crippen LogP contribution in [-0.4, -0.2) is 17.0 Å². The Balaban J connectivity index is 2.48. The lowest BCUT2D eigenvalue weighted by Crippen LogP contribution is -2.26. The van der Waals surface area contributed by atoms with Gasteiger partial charge >= 0.3 is 0 Å². The molecule has 1 aromatic rings. The minimum Gasteiger partial charge on any atom is -0.351 e. The third-order valence-electron chi connectivity index (χ3n) is 2.59. The van der Waals surface area contributed by atoms with Crippen molar-refractivity contribution in [3.8, 4) is 12.3 Å². The average molecular weight is 311 g/mol. The molecule has 1 amide bonds. The summed E-state index contributed by atoms with van der Waals surface area (Å²) in [4.78, 5) is 12.0. The number of carbonyl (C=O) groups excluding carboxylic acids is 1. The number of hydrogen-bond donors (Lipinski definition) is 1. The van der Waals surface area contributed by atoms with Crippen LogP contribution in [-0.2, 0) is 6.54 Å². The molecule has 0 atom stereocenters. The zero-order valence-electron chi connectivity index (χ0n) is 10.7. The van der Waals surface area contributed by atoms with E-state index in [1.54, 1.807) is 0 Å². The largest absolute Gasteiger partial charge is 0.351 e. The van der Waals surface area contributed by atoms with Crippen LogP contribution in [0.2, 0.25) is 0 Å². The minimum absolute atomic E-state index is 0.0187. The Labute approximate surface area is 117 Å². The zero-order chi connectivity index (χ0) is 13.4. The van der Waals surface area contributed by atoms with Gasteiger partial charge in [-0.3, -0.25) is 4.79 Å². The molecule has 0 saturated heterocycles. The number of halogens is 1. The smallest absolute Gasteiger partial charge is 0.267 e. The van der Waals surface area contributed by atoms with E-state index in [0.717, 1.165) is 36.7 Å². The Hall–Kier alpha value is -1.21. The number of carbonyl (C=O) groups is 1. The van der Waals surface area contributed by atoms with E-state index in [1.807, 2.05) is 16.8 Å². The summed E-state index contributed by atoms with van der Waals surface area (Å²) in [5.41, 5.74) is 0.709. The normalized spacial score (nSPS) is 10.1. The summed E-state index contributed by atoms with van der Waals surface area (Å²) < 4.78 is 2.91. The lowest BCUT2D eigenvalue weighted by Gasteiger charge is -2.08. The molecule has 0 bridgehead atoms. The maximum Gasteiger partial charge on any atom is 0.267 e. The second kappa shape index (κ2) is 7.99. The number of terminal acetylenes is 1. The van der Waals surface area contributed by atoms with Crippen LogP contribution in [0.3, 0.4) is 0 Å². The Morgan fingerprint density at radius 3 is 3.00 bits per heavy atom. The van der Waals surface area contributed by atoms with E-state index in [-0.39, 0.29) is 5.91 Å². The van der Waals surface area contributed by atoms with Crippen molar-refractivity contribution in [3.05, 3.63) is 22.4 Å². The molecule has 0 spiro atoms. The summed E-state index contributed by atoms with van der Waals surface area (Å²) in [6, 6.07) is 1.85. The highest BCUT2D eigenvalue weighted by Gasteiger charge is 2.11. The van der Waals surface area contributed by atoms with E-state index in [4.69, 9.17) is 6.42 Å². The fraction of sp³-hybridized carbons (Fsp3) is 0.500. The van der Waals surface area contributed by atoms with Crippen LogP contribution in [0.25, 0.3) is 0 Å². The third kappa shape index (κ3) is 4.58. The number of unbranched alkanes of at least 4 members (excludes halogenated alkanes) is 2. The van der Waals surface area contributed by atoms with Gasteiger partial charge in [-0.1, -0.05) is 6.92 Å². The third-order valence-corrected chi connectivity index (χ3v) is 3.03. The van der Waals surface area contributed by atoms with Gasteiger partial charge in [0.2, 0.25) is 0 Å². The molecule has 0 unspecified atom stereocenters. The molecule has 0 aliphatic heterocycles. The van der Waals surface area contributed by atoms with Crippen LogP contribution >= 0.6 is 15.9 Å². The highest BCUT2D eigenvalue weighted by molar-refractivity contribution is 9.10. The summed E-state index contributed by atoms with van der Waals surface area (Å²) in [7, 11) is 0. The topological polar surface area (TPSA) is 34.0 Å². The second-order valence-electron chi connectivity index (χ2n) is 4.15. The molecule has 1 heterocycles. The van der Waals surface area contributed by atoms with E-state index in [1.165, 1.54) is 0 Å². The number of nitrogens with zero attached hydrogens (tertiary/aromatic N) is 1. The lowest BCUT2D eigenvalue weighted by molar-refractivity contribution is 0.0943. The van der Waals surface area contributed by atoms with Gasteiger partial charge in [-0.2, -0.15) is 0 Å². The van der Waals surface area contributed by atoms with Gasteiger partial charge < -0.3 is 9.88 Å². The first kappa shape index (κ1) is 14.8. The van der Waals surface area contributed by atoms with Crippen LogP contribution in [0.15, 0.2) is 16.7 Å². The Morgan fingerprint density at radius 1 is 1.56 bits per heavy atom. The SMILES string of the molecule is C#CCCCCNC(=O)c1cc(Br)cn1CCC. The Kier molecular flexibility index (Phi) is 6.59. The minimum atomic E-state index is -0.0187. The van der Waals surface area contributed by atoms with Crippen LogP contribution in [0.5, 0.6) is 0 Å². The molecule has 3 nitrogen and oxygen atoms in total. The van der Waals surface area contributed by atoms with Gasteiger partial charge in [-0.05, 0) is 41.3 Å². The lowest BCUT2D eigenvalue weighted by atomic mass is 10.2. The van der Waals surface area contributed by atoms with Gasteiger partial charge in [0.05, 0.1) is 0 Å². The summed E-state index contributed by atoms with van der Waals surface area (Å²) >= 11 is 3.40. The van der Waals surface area contributed by atoms with Gasteiger partial charge in [0.25, 0.3) is 5.91 Å². The standard InChI is InChI=1S/C14H19BrN2O/c1-3-5-6-7-8-16-14(18)13-10-12(15)11-17(13)9-4-2/h1,10-11H,4-9H2,2H3,(H,16,18). The van der Waals surface area contributed by atoms with Crippen molar-refractivity contribution >= 4 is 21.8 Å². The summed E-state index contributed by atoms with van der Waals surface area (Å²) in [5, 5.41) is 2.92. The number of amides is 1. The summed E-state index contributed by atoms with van der Waals surface area (Å²) in [6.45, 7) is 3.62. The molecule has 0 saturated carbocycles. The predicted molar refractivity (Wildman–Crippen MR) is 77.4 cm³/mol. The molecular formula is C14H19BrN2O. The monoisotopic (exact) mass is 310 g/mol. The number of nitrogens with one attached hydrogen (secondary N) is 1. The van der Waals surface area contributed by atoms with Gasteiger partial charge in [0, 0.05) is 30.2 Å². The average Bonchev–Trinajstić information content (AvgIpc) is 2.70.